The SMILES string of the molecule is CCNC1COc2ccc(C)cc2C(=O)C1. The Morgan fingerprint density at radius 1 is 1.50 bits per heavy atom. The number of likely N-dealkylation sites (N-methyl/N-ethyl adjacent to an activating group) is 1. The molecular formula is C13H17NO2. The van der Waals surface area contributed by atoms with E-state index in [1.807, 2.05) is 32.0 Å². The van der Waals surface area contributed by atoms with Crippen LogP contribution < -0.4 is 10.1 Å². The molecule has 3 heteroatoms. The van der Waals surface area contributed by atoms with Gasteiger partial charge in [0.25, 0.3) is 0 Å². The number of fused-ring (bicyclic) bond motifs is 1. The van der Waals surface area contributed by atoms with Crippen molar-refractivity contribution in [2.75, 3.05) is 13.2 Å². The molecule has 0 radical (unpaired) electrons. The van der Waals surface area contributed by atoms with Gasteiger partial charge in [0.15, 0.2) is 5.78 Å². The van der Waals surface area contributed by atoms with Crippen molar-refractivity contribution in [3.05, 3.63) is 29.3 Å². The summed E-state index contributed by atoms with van der Waals surface area (Å²) in [7, 11) is 0. The van der Waals surface area contributed by atoms with E-state index >= 15 is 0 Å². The van der Waals surface area contributed by atoms with E-state index in [2.05, 4.69) is 5.32 Å². The monoisotopic (exact) mass is 219 g/mol. The molecule has 86 valence electrons. The van der Waals surface area contributed by atoms with Crippen LogP contribution in [0.3, 0.4) is 0 Å². The van der Waals surface area contributed by atoms with E-state index in [1.165, 1.54) is 0 Å². The van der Waals surface area contributed by atoms with E-state index in [0.29, 0.717) is 13.0 Å². The average molecular weight is 219 g/mol. The number of nitrogens with one attached hydrogen (secondary N) is 1. The van der Waals surface area contributed by atoms with Crippen LogP contribution in [0.2, 0.25) is 0 Å². The Morgan fingerprint density at radius 2 is 2.31 bits per heavy atom. The zero-order valence-electron chi connectivity index (χ0n) is 9.75. The summed E-state index contributed by atoms with van der Waals surface area (Å²) in [6.07, 6.45) is 0.518. The Kier molecular flexibility index (Phi) is 3.25. The van der Waals surface area contributed by atoms with Crippen LogP contribution >= 0.6 is 0 Å². The lowest BCUT2D eigenvalue weighted by atomic mass is 10.0. The number of hydrogen-bond acceptors (Lipinski definition) is 3. The molecule has 1 N–H and O–H groups in total. The zero-order valence-corrected chi connectivity index (χ0v) is 9.75. The summed E-state index contributed by atoms with van der Waals surface area (Å²) >= 11 is 0. The number of Topliss-reactive ketones (excluding diaryl/α,β-unsaturated/α-hetero) is 1. The maximum absolute atomic E-state index is 12.0. The molecule has 1 aliphatic rings. The molecule has 1 aromatic rings. The number of hydrogen-bond donors (Lipinski definition) is 1. The van der Waals surface area contributed by atoms with Gasteiger partial charge < -0.3 is 10.1 Å². The lowest BCUT2D eigenvalue weighted by Gasteiger charge is -2.13. The maximum Gasteiger partial charge on any atom is 0.168 e. The molecule has 1 aliphatic heterocycles. The van der Waals surface area contributed by atoms with Crippen molar-refractivity contribution in [2.24, 2.45) is 0 Å². The van der Waals surface area contributed by atoms with E-state index in [4.69, 9.17) is 4.74 Å². The van der Waals surface area contributed by atoms with Crippen LogP contribution in [0.1, 0.15) is 29.3 Å². The average Bonchev–Trinajstić information content (AvgIpc) is 2.40. The quantitative estimate of drug-likeness (QED) is 0.826. The Balaban J connectivity index is 2.25. The largest absolute Gasteiger partial charge is 0.491 e. The van der Waals surface area contributed by atoms with Crippen LogP contribution in [0, 0.1) is 6.92 Å². The summed E-state index contributed by atoms with van der Waals surface area (Å²) in [5, 5.41) is 3.26. The summed E-state index contributed by atoms with van der Waals surface area (Å²) in [6.45, 7) is 5.44. The lowest BCUT2D eigenvalue weighted by Crippen LogP contribution is -2.34. The van der Waals surface area contributed by atoms with Gasteiger partial charge in [-0.05, 0) is 25.6 Å². The highest BCUT2D eigenvalue weighted by Gasteiger charge is 2.22. The van der Waals surface area contributed by atoms with Gasteiger partial charge in [0, 0.05) is 12.5 Å². The second kappa shape index (κ2) is 4.66. The Labute approximate surface area is 95.8 Å². The van der Waals surface area contributed by atoms with Crippen molar-refractivity contribution in [2.45, 2.75) is 26.3 Å². The number of carbonyl (C=O) groups excluding carboxylic acids is 1. The number of carbonyl (C=O) groups is 1. The predicted octanol–water partition coefficient (Wildman–Crippen LogP) is 1.94. The normalized spacial score (nSPS) is 19.9. The van der Waals surface area contributed by atoms with Gasteiger partial charge in [-0.3, -0.25) is 4.79 Å². The number of ketones is 1. The molecule has 1 heterocycles. The topological polar surface area (TPSA) is 38.3 Å². The van der Waals surface area contributed by atoms with Crippen molar-refractivity contribution in [1.29, 1.82) is 0 Å². The van der Waals surface area contributed by atoms with Gasteiger partial charge >= 0.3 is 0 Å². The zero-order chi connectivity index (χ0) is 11.5. The van der Waals surface area contributed by atoms with E-state index < -0.39 is 0 Å². The second-order valence-corrected chi connectivity index (χ2v) is 4.19. The molecule has 16 heavy (non-hydrogen) atoms. The summed E-state index contributed by atoms with van der Waals surface area (Å²) in [5.41, 5.74) is 1.82. The summed E-state index contributed by atoms with van der Waals surface area (Å²) in [5.74, 6) is 0.887. The van der Waals surface area contributed by atoms with Crippen LogP contribution in [0.15, 0.2) is 18.2 Å². The number of ether oxygens (including phenoxy) is 1. The molecule has 1 unspecified atom stereocenters. The lowest BCUT2D eigenvalue weighted by molar-refractivity contribution is 0.0971. The van der Waals surface area contributed by atoms with Crippen molar-refractivity contribution in [3.8, 4) is 5.75 Å². The summed E-state index contributed by atoms with van der Waals surface area (Å²) in [4.78, 5) is 12.0. The molecule has 1 atom stereocenters. The highest BCUT2D eigenvalue weighted by molar-refractivity contribution is 5.99. The van der Waals surface area contributed by atoms with Crippen molar-refractivity contribution < 1.29 is 9.53 Å². The molecule has 0 saturated heterocycles. The Morgan fingerprint density at radius 3 is 3.06 bits per heavy atom. The minimum absolute atomic E-state index is 0.130. The number of benzene rings is 1. The number of aryl methyl sites for hydroxylation is 1. The summed E-state index contributed by atoms with van der Waals surface area (Å²) in [6, 6.07) is 5.90. The van der Waals surface area contributed by atoms with Crippen LogP contribution in [0.5, 0.6) is 5.75 Å². The maximum atomic E-state index is 12.0. The molecule has 0 aromatic heterocycles. The third-order valence-electron chi connectivity index (χ3n) is 2.80. The fourth-order valence-electron chi connectivity index (χ4n) is 1.99. The smallest absolute Gasteiger partial charge is 0.168 e. The van der Waals surface area contributed by atoms with Crippen molar-refractivity contribution in [1.82, 2.24) is 5.32 Å². The molecule has 0 spiro atoms. The molecule has 0 aliphatic carbocycles. The fourth-order valence-corrected chi connectivity index (χ4v) is 1.99. The first-order chi connectivity index (χ1) is 7.70. The Hall–Kier alpha value is -1.35. The van der Waals surface area contributed by atoms with Gasteiger partial charge in [-0.15, -0.1) is 0 Å². The standard InChI is InChI=1S/C13H17NO2/c1-3-14-10-7-12(15)11-6-9(2)4-5-13(11)16-8-10/h4-6,10,14H,3,7-8H2,1-2H3. The highest BCUT2D eigenvalue weighted by atomic mass is 16.5. The molecule has 0 saturated carbocycles. The summed E-state index contributed by atoms with van der Waals surface area (Å²) < 4.78 is 5.66. The molecule has 0 bridgehead atoms. The molecule has 0 amide bonds. The van der Waals surface area contributed by atoms with Crippen LogP contribution in [0.4, 0.5) is 0 Å². The first-order valence-electron chi connectivity index (χ1n) is 5.70. The van der Waals surface area contributed by atoms with E-state index in [0.717, 1.165) is 23.4 Å². The first-order valence-corrected chi connectivity index (χ1v) is 5.70. The molecular weight excluding hydrogens is 202 g/mol. The van der Waals surface area contributed by atoms with Gasteiger partial charge in [-0.1, -0.05) is 18.6 Å². The molecule has 3 nitrogen and oxygen atoms in total. The first kappa shape index (κ1) is 11.1. The van der Waals surface area contributed by atoms with Gasteiger partial charge in [0.1, 0.15) is 12.4 Å². The van der Waals surface area contributed by atoms with E-state index in [1.54, 1.807) is 0 Å². The molecule has 0 fully saturated rings. The minimum Gasteiger partial charge on any atom is -0.491 e. The van der Waals surface area contributed by atoms with Crippen LogP contribution in [0.25, 0.3) is 0 Å². The van der Waals surface area contributed by atoms with Crippen molar-refractivity contribution in [3.63, 3.8) is 0 Å². The Bertz CT molecular complexity index is 401. The predicted molar refractivity (Wildman–Crippen MR) is 63.1 cm³/mol. The van der Waals surface area contributed by atoms with Gasteiger partial charge in [0.05, 0.1) is 5.56 Å². The van der Waals surface area contributed by atoms with Crippen molar-refractivity contribution >= 4 is 5.78 Å². The highest BCUT2D eigenvalue weighted by Crippen LogP contribution is 2.25. The fraction of sp³-hybridized carbons (Fsp3) is 0.462. The third-order valence-corrected chi connectivity index (χ3v) is 2.80. The van der Waals surface area contributed by atoms with E-state index in [-0.39, 0.29) is 11.8 Å². The minimum atomic E-state index is 0.130. The third kappa shape index (κ3) is 2.25. The molecule has 2 rings (SSSR count). The molecule has 1 aromatic carbocycles. The van der Waals surface area contributed by atoms with Gasteiger partial charge in [-0.2, -0.15) is 0 Å². The second-order valence-electron chi connectivity index (χ2n) is 4.19. The number of rotatable bonds is 2. The van der Waals surface area contributed by atoms with Gasteiger partial charge in [0.2, 0.25) is 0 Å². The van der Waals surface area contributed by atoms with Gasteiger partial charge in [-0.25, -0.2) is 0 Å². The van der Waals surface area contributed by atoms with Crippen LogP contribution in [-0.2, 0) is 0 Å². The van der Waals surface area contributed by atoms with Crippen LogP contribution in [-0.4, -0.2) is 25.0 Å². The van der Waals surface area contributed by atoms with E-state index in [9.17, 15) is 4.79 Å².